The number of rotatable bonds is 3. The van der Waals surface area contributed by atoms with Crippen molar-refractivity contribution in [3.05, 3.63) is 106 Å². The summed E-state index contributed by atoms with van der Waals surface area (Å²) in [7, 11) is 0. The molecule has 3 aromatic carbocycles. The summed E-state index contributed by atoms with van der Waals surface area (Å²) in [5.74, 6) is 10.0. The number of unbranched alkanes of at least 4 members (excludes halogenated alkanes) is 1. The monoisotopic (exact) mass is 384 g/mol. The van der Waals surface area contributed by atoms with Gasteiger partial charge in [-0.15, -0.1) is 0 Å². The van der Waals surface area contributed by atoms with Gasteiger partial charge in [-0.05, 0) is 61.7 Å². The molecule has 0 atom stereocenters. The molecular formula is C27H22F2. The van der Waals surface area contributed by atoms with E-state index >= 15 is 0 Å². The molecule has 0 amide bonds. The van der Waals surface area contributed by atoms with E-state index in [-0.39, 0.29) is 11.1 Å². The van der Waals surface area contributed by atoms with Crippen LogP contribution in [0.25, 0.3) is 0 Å². The highest BCUT2D eigenvalue weighted by atomic mass is 19.1. The lowest BCUT2D eigenvalue weighted by atomic mass is 10.1. The lowest BCUT2D eigenvalue weighted by Gasteiger charge is -2.00. The highest BCUT2D eigenvalue weighted by Gasteiger charge is 2.07. The van der Waals surface area contributed by atoms with Crippen LogP contribution in [-0.4, -0.2) is 0 Å². The summed E-state index contributed by atoms with van der Waals surface area (Å²) in [5.41, 5.74) is 3.94. The fraction of sp³-hybridized carbons (Fsp3) is 0.185. The lowest BCUT2D eigenvalue weighted by molar-refractivity contribution is 0.594. The molecule has 3 aromatic rings. The van der Waals surface area contributed by atoms with Crippen molar-refractivity contribution in [1.82, 2.24) is 0 Å². The van der Waals surface area contributed by atoms with Crippen LogP contribution in [0.1, 0.15) is 53.1 Å². The Bertz CT molecular complexity index is 1100. The van der Waals surface area contributed by atoms with E-state index in [9.17, 15) is 8.78 Å². The van der Waals surface area contributed by atoms with Gasteiger partial charge in [0.25, 0.3) is 0 Å². The minimum atomic E-state index is -0.578. The van der Waals surface area contributed by atoms with Gasteiger partial charge in [-0.3, -0.25) is 0 Å². The first-order valence-electron chi connectivity index (χ1n) is 9.74. The van der Waals surface area contributed by atoms with Gasteiger partial charge in [0.1, 0.15) is 11.6 Å². The summed E-state index contributed by atoms with van der Waals surface area (Å²) in [6, 6.07) is 17.6. The molecule has 0 N–H and O–H groups in total. The lowest BCUT2D eigenvalue weighted by Crippen LogP contribution is -1.92. The van der Waals surface area contributed by atoms with Crippen LogP contribution in [0.3, 0.4) is 0 Å². The van der Waals surface area contributed by atoms with E-state index in [1.165, 1.54) is 5.56 Å². The van der Waals surface area contributed by atoms with E-state index in [0.717, 1.165) is 48.1 Å². The fourth-order valence-electron chi connectivity index (χ4n) is 2.79. The SMILES string of the molecule is CCCCc1ccc(C#Cc2cc(F)c(C#Cc3ccc(C)cc3)cc2F)cc1. The Balaban J connectivity index is 1.78. The Morgan fingerprint density at radius 1 is 0.690 bits per heavy atom. The van der Waals surface area contributed by atoms with Gasteiger partial charge in [0.15, 0.2) is 0 Å². The zero-order chi connectivity index (χ0) is 20.6. The molecule has 0 heterocycles. The van der Waals surface area contributed by atoms with Gasteiger partial charge in [0, 0.05) is 11.1 Å². The molecule has 29 heavy (non-hydrogen) atoms. The first-order valence-corrected chi connectivity index (χ1v) is 9.74. The molecule has 0 fully saturated rings. The Kier molecular flexibility index (Phi) is 6.83. The largest absolute Gasteiger partial charge is 0.206 e. The molecule has 0 aliphatic rings. The van der Waals surface area contributed by atoms with Crippen molar-refractivity contribution < 1.29 is 8.78 Å². The number of benzene rings is 3. The predicted octanol–water partition coefficient (Wildman–Crippen LogP) is 6.42. The molecule has 0 spiro atoms. The third kappa shape index (κ3) is 5.81. The van der Waals surface area contributed by atoms with Gasteiger partial charge in [-0.1, -0.05) is 66.9 Å². The van der Waals surface area contributed by atoms with Gasteiger partial charge >= 0.3 is 0 Å². The van der Waals surface area contributed by atoms with Crippen LogP contribution in [0, 0.1) is 42.2 Å². The maximum Gasteiger partial charge on any atom is 0.140 e. The van der Waals surface area contributed by atoms with Gasteiger partial charge in [0.05, 0.1) is 11.1 Å². The van der Waals surface area contributed by atoms with Crippen LogP contribution in [-0.2, 0) is 6.42 Å². The van der Waals surface area contributed by atoms with E-state index < -0.39 is 11.6 Å². The van der Waals surface area contributed by atoms with Gasteiger partial charge in [-0.2, -0.15) is 0 Å². The van der Waals surface area contributed by atoms with Crippen molar-refractivity contribution in [2.45, 2.75) is 33.1 Å². The summed E-state index contributed by atoms with van der Waals surface area (Å²) < 4.78 is 28.7. The van der Waals surface area contributed by atoms with Crippen LogP contribution < -0.4 is 0 Å². The number of hydrogen-bond donors (Lipinski definition) is 0. The van der Waals surface area contributed by atoms with Gasteiger partial charge in [-0.25, -0.2) is 8.78 Å². The summed E-state index contributed by atoms with van der Waals surface area (Å²) in [5, 5.41) is 0. The quantitative estimate of drug-likeness (QED) is 0.457. The fourth-order valence-corrected chi connectivity index (χ4v) is 2.79. The number of hydrogen-bond acceptors (Lipinski definition) is 0. The highest BCUT2D eigenvalue weighted by Crippen LogP contribution is 2.14. The molecular weight excluding hydrogens is 362 g/mol. The normalized spacial score (nSPS) is 9.93. The second-order valence-electron chi connectivity index (χ2n) is 6.98. The zero-order valence-corrected chi connectivity index (χ0v) is 16.7. The van der Waals surface area contributed by atoms with Crippen LogP contribution in [0.5, 0.6) is 0 Å². The van der Waals surface area contributed by atoms with Gasteiger partial charge < -0.3 is 0 Å². The second-order valence-corrected chi connectivity index (χ2v) is 6.98. The molecule has 0 unspecified atom stereocenters. The highest BCUT2D eigenvalue weighted by molar-refractivity contribution is 5.49. The molecule has 0 radical (unpaired) electrons. The van der Waals surface area contributed by atoms with E-state index in [2.05, 4.69) is 30.6 Å². The Morgan fingerprint density at radius 3 is 1.66 bits per heavy atom. The number of aryl methyl sites for hydroxylation is 2. The smallest absolute Gasteiger partial charge is 0.140 e. The van der Waals surface area contributed by atoms with Crippen molar-refractivity contribution >= 4 is 0 Å². The van der Waals surface area contributed by atoms with Gasteiger partial charge in [0.2, 0.25) is 0 Å². The molecule has 0 aromatic heterocycles. The molecule has 0 saturated carbocycles. The van der Waals surface area contributed by atoms with Crippen molar-refractivity contribution in [3.63, 3.8) is 0 Å². The minimum Gasteiger partial charge on any atom is -0.206 e. The summed E-state index contributed by atoms with van der Waals surface area (Å²) in [6.07, 6.45) is 3.33. The Labute approximate surface area is 171 Å². The second kappa shape index (κ2) is 9.72. The summed E-state index contributed by atoms with van der Waals surface area (Å²) >= 11 is 0. The van der Waals surface area contributed by atoms with Crippen LogP contribution in [0.4, 0.5) is 8.78 Å². The summed E-state index contributed by atoms with van der Waals surface area (Å²) in [4.78, 5) is 0. The third-order valence-electron chi connectivity index (χ3n) is 4.56. The van der Waals surface area contributed by atoms with E-state index in [4.69, 9.17) is 0 Å². The molecule has 0 nitrogen and oxygen atoms in total. The molecule has 0 aliphatic heterocycles. The molecule has 0 aliphatic carbocycles. The predicted molar refractivity (Wildman–Crippen MR) is 115 cm³/mol. The maximum absolute atomic E-state index is 14.4. The van der Waals surface area contributed by atoms with Crippen molar-refractivity contribution in [1.29, 1.82) is 0 Å². The topological polar surface area (TPSA) is 0 Å². The van der Waals surface area contributed by atoms with Crippen molar-refractivity contribution in [3.8, 4) is 23.7 Å². The van der Waals surface area contributed by atoms with Crippen LogP contribution >= 0.6 is 0 Å². The average Bonchev–Trinajstić information content (AvgIpc) is 2.73. The molecule has 144 valence electrons. The zero-order valence-electron chi connectivity index (χ0n) is 16.7. The van der Waals surface area contributed by atoms with E-state index in [1.807, 2.05) is 55.5 Å². The third-order valence-corrected chi connectivity index (χ3v) is 4.56. The minimum absolute atomic E-state index is 0.0221. The number of halogens is 2. The van der Waals surface area contributed by atoms with Crippen LogP contribution in [0.15, 0.2) is 60.7 Å². The van der Waals surface area contributed by atoms with E-state index in [1.54, 1.807) is 0 Å². The summed E-state index contributed by atoms with van der Waals surface area (Å²) in [6.45, 7) is 4.14. The molecule has 0 saturated heterocycles. The van der Waals surface area contributed by atoms with Crippen LogP contribution in [0.2, 0.25) is 0 Å². The Morgan fingerprint density at radius 2 is 1.17 bits per heavy atom. The standard InChI is InChI=1S/C27H22F2/c1-3-4-5-21-10-12-23(13-11-21)15-17-25-19-26(28)24(18-27(25)29)16-14-22-8-6-20(2)7-9-22/h6-13,18-19H,3-5H2,1-2H3. The molecule has 3 rings (SSSR count). The van der Waals surface area contributed by atoms with Crippen molar-refractivity contribution in [2.24, 2.45) is 0 Å². The molecule has 2 heteroatoms. The van der Waals surface area contributed by atoms with E-state index in [0.29, 0.717) is 0 Å². The maximum atomic E-state index is 14.4. The Hall–Kier alpha value is -3.36. The first-order chi connectivity index (χ1) is 14.0. The molecule has 0 bridgehead atoms. The first kappa shape index (κ1) is 20.4. The van der Waals surface area contributed by atoms with Crippen molar-refractivity contribution in [2.75, 3.05) is 0 Å². The average molecular weight is 384 g/mol.